The van der Waals surface area contributed by atoms with Gasteiger partial charge in [-0.1, -0.05) is 19.4 Å². The largest absolute Gasteiger partial charge is 0.336 e. The molecule has 1 aliphatic heterocycles. The highest BCUT2D eigenvalue weighted by molar-refractivity contribution is 5.92. The van der Waals surface area contributed by atoms with Gasteiger partial charge in [-0.05, 0) is 36.8 Å². The highest BCUT2D eigenvalue weighted by Crippen LogP contribution is 2.55. The second-order valence-corrected chi connectivity index (χ2v) is 7.05. The third-order valence-corrected chi connectivity index (χ3v) is 5.59. The van der Waals surface area contributed by atoms with E-state index in [1.165, 1.54) is 19.3 Å². The van der Waals surface area contributed by atoms with Gasteiger partial charge in [0.1, 0.15) is 17.8 Å². The van der Waals surface area contributed by atoms with Gasteiger partial charge in [-0.2, -0.15) is 0 Å². The lowest BCUT2D eigenvalue weighted by atomic mass is 9.62. The van der Waals surface area contributed by atoms with Crippen LogP contribution in [0.2, 0.25) is 0 Å². The minimum Gasteiger partial charge on any atom is -0.336 e. The van der Waals surface area contributed by atoms with Crippen LogP contribution in [0.1, 0.15) is 54.8 Å². The number of pyridine rings is 1. The van der Waals surface area contributed by atoms with Crippen molar-refractivity contribution in [3.8, 4) is 0 Å². The van der Waals surface area contributed by atoms with Gasteiger partial charge < -0.3 is 9.47 Å². The minimum atomic E-state index is 0.0333. The number of hydrogen-bond acceptors (Lipinski definition) is 4. The molecule has 1 atom stereocenters. The Labute approximate surface area is 141 Å². The van der Waals surface area contributed by atoms with Gasteiger partial charge in [0.15, 0.2) is 0 Å². The molecule has 0 bridgehead atoms. The summed E-state index contributed by atoms with van der Waals surface area (Å²) in [6, 6.07) is 5.50. The van der Waals surface area contributed by atoms with Crippen molar-refractivity contribution in [2.75, 3.05) is 13.1 Å². The summed E-state index contributed by atoms with van der Waals surface area (Å²) in [4.78, 5) is 19.0. The van der Waals surface area contributed by atoms with Crippen LogP contribution in [0.3, 0.4) is 0 Å². The summed E-state index contributed by atoms with van der Waals surface area (Å²) in [6.07, 6.45) is 8.14. The lowest BCUT2D eigenvalue weighted by Crippen LogP contribution is -2.38. The van der Waals surface area contributed by atoms with Gasteiger partial charge in [0.2, 0.25) is 0 Å². The fourth-order valence-corrected chi connectivity index (χ4v) is 4.21. The molecule has 24 heavy (non-hydrogen) atoms. The van der Waals surface area contributed by atoms with E-state index in [2.05, 4.69) is 26.7 Å². The second kappa shape index (κ2) is 6.00. The van der Waals surface area contributed by atoms with Crippen molar-refractivity contribution in [2.24, 2.45) is 5.41 Å². The molecule has 126 valence electrons. The van der Waals surface area contributed by atoms with Gasteiger partial charge in [0.05, 0.1) is 0 Å². The fraction of sp³-hybridized carbons (Fsp3) is 0.556. The smallest absolute Gasteiger partial charge is 0.272 e. The molecule has 2 aliphatic rings. The maximum absolute atomic E-state index is 12.8. The first kappa shape index (κ1) is 15.3. The summed E-state index contributed by atoms with van der Waals surface area (Å²) < 4.78 is 2.17. The van der Waals surface area contributed by atoms with Gasteiger partial charge in [-0.25, -0.2) is 0 Å². The molecule has 2 aromatic rings. The molecule has 1 saturated carbocycles. The SMILES string of the molecule is CCCn1cnnc1C1CN(C(=O)c2ccccn2)CC12CCC2. The van der Waals surface area contributed by atoms with Crippen molar-refractivity contribution in [1.82, 2.24) is 24.6 Å². The molecule has 1 unspecified atom stereocenters. The van der Waals surface area contributed by atoms with Crippen molar-refractivity contribution < 1.29 is 4.79 Å². The summed E-state index contributed by atoms with van der Waals surface area (Å²) in [5.41, 5.74) is 0.714. The first-order chi connectivity index (χ1) is 11.7. The lowest BCUT2D eigenvalue weighted by Gasteiger charge is -2.42. The van der Waals surface area contributed by atoms with Crippen LogP contribution < -0.4 is 0 Å². The number of aryl methyl sites for hydroxylation is 1. The van der Waals surface area contributed by atoms with E-state index >= 15 is 0 Å². The number of hydrogen-bond donors (Lipinski definition) is 0. The zero-order valence-electron chi connectivity index (χ0n) is 14.1. The predicted molar refractivity (Wildman–Crippen MR) is 89.5 cm³/mol. The van der Waals surface area contributed by atoms with Crippen LogP contribution in [0.4, 0.5) is 0 Å². The molecule has 1 saturated heterocycles. The van der Waals surface area contributed by atoms with Gasteiger partial charge in [-0.15, -0.1) is 10.2 Å². The Bertz CT molecular complexity index is 722. The Kier molecular flexibility index (Phi) is 3.82. The molecular formula is C18H23N5O. The highest BCUT2D eigenvalue weighted by atomic mass is 16.2. The summed E-state index contributed by atoms with van der Waals surface area (Å²) >= 11 is 0. The molecule has 0 radical (unpaired) electrons. The van der Waals surface area contributed by atoms with Gasteiger partial charge in [0, 0.05) is 31.7 Å². The van der Waals surface area contributed by atoms with E-state index in [-0.39, 0.29) is 17.2 Å². The molecule has 6 heteroatoms. The quantitative estimate of drug-likeness (QED) is 0.866. The van der Waals surface area contributed by atoms with E-state index in [1.54, 1.807) is 12.3 Å². The maximum Gasteiger partial charge on any atom is 0.272 e. The average Bonchev–Trinajstić information content (AvgIpc) is 3.19. The molecule has 2 fully saturated rings. The van der Waals surface area contributed by atoms with E-state index in [4.69, 9.17) is 0 Å². The van der Waals surface area contributed by atoms with Crippen LogP contribution in [0.15, 0.2) is 30.7 Å². The number of carbonyl (C=O) groups is 1. The topological polar surface area (TPSA) is 63.9 Å². The van der Waals surface area contributed by atoms with Crippen molar-refractivity contribution in [3.05, 3.63) is 42.2 Å². The summed E-state index contributed by atoms with van der Waals surface area (Å²) in [6.45, 7) is 4.63. The van der Waals surface area contributed by atoms with Crippen LogP contribution in [-0.4, -0.2) is 43.6 Å². The van der Waals surface area contributed by atoms with E-state index < -0.39 is 0 Å². The van der Waals surface area contributed by atoms with Crippen molar-refractivity contribution in [3.63, 3.8) is 0 Å². The Morgan fingerprint density at radius 2 is 2.25 bits per heavy atom. The fourth-order valence-electron chi connectivity index (χ4n) is 4.21. The Morgan fingerprint density at radius 3 is 2.92 bits per heavy atom. The monoisotopic (exact) mass is 325 g/mol. The molecule has 2 aromatic heterocycles. The highest BCUT2D eigenvalue weighted by Gasteiger charge is 2.53. The Morgan fingerprint density at radius 1 is 1.38 bits per heavy atom. The number of nitrogens with zero attached hydrogens (tertiary/aromatic N) is 5. The number of rotatable bonds is 4. The molecule has 4 rings (SSSR count). The molecule has 1 amide bonds. The summed E-state index contributed by atoms with van der Waals surface area (Å²) in [7, 11) is 0. The predicted octanol–water partition coefficient (Wildman–Crippen LogP) is 2.49. The molecule has 1 spiro atoms. The van der Waals surface area contributed by atoms with Crippen LogP contribution in [0.5, 0.6) is 0 Å². The summed E-state index contributed by atoms with van der Waals surface area (Å²) in [5, 5.41) is 8.55. The van der Waals surface area contributed by atoms with E-state index in [0.717, 1.165) is 31.9 Å². The molecule has 6 nitrogen and oxygen atoms in total. The standard InChI is InChI=1S/C18H23N5O/c1-2-10-22-13-20-21-16(22)14-11-23(12-18(14)7-5-8-18)17(24)15-6-3-4-9-19-15/h3-4,6,9,13-14H,2,5,7-8,10-12H2,1H3. The van der Waals surface area contributed by atoms with Crippen molar-refractivity contribution >= 4 is 5.91 Å². The first-order valence-corrected chi connectivity index (χ1v) is 8.81. The maximum atomic E-state index is 12.8. The van der Waals surface area contributed by atoms with Crippen LogP contribution >= 0.6 is 0 Å². The second-order valence-electron chi connectivity index (χ2n) is 7.05. The zero-order chi connectivity index (χ0) is 16.6. The van der Waals surface area contributed by atoms with Gasteiger partial charge in [-0.3, -0.25) is 9.78 Å². The zero-order valence-corrected chi connectivity index (χ0v) is 14.1. The minimum absolute atomic E-state index is 0.0333. The van der Waals surface area contributed by atoms with Crippen molar-refractivity contribution in [1.29, 1.82) is 0 Å². The van der Waals surface area contributed by atoms with Gasteiger partial charge >= 0.3 is 0 Å². The Balaban J connectivity index is 1.61. The molecular weight excluding hydrogens is 302 g/mol. The Hall–Kier alpha value is -2.24. The number of amides is 1. The van der Waals surface area contributed by atoms with E-state index in [0.29, 0.717) is 5.69 Å². The summed E-state index contributed by atoms with van der Waals surface area (Å²) in [5.74, 6) is 1.37. The van der Waals surface area contributed by atoms with Crippen LogP contribution in [0.25, 0.3) is 0 Å². The lowest BCUT2D eigenvalue weighted by molar-refractivity contribution is 0.0718. The van der Waals surface area contributed by atoms with E-state index in [1.807, 2.05) is 23.4 Å². The van der Waals surface area contributed by atoms with Crippen LogP contribution in [-0.2, 0) is 6.54 Å². The third kappa shape index (κ3) is 2.41. The number of likely N-dealkylation sites (tertiary alicyclic amines) is 1. The van der Waals surface area contributed by atoms with E-state index in [9.17, 15) is 4.79 Å². The van der Waals surface area contributed by atoms with Crippen LogP contribution in [0, 0.1) is 5.41 Å². The molecule has 0 aromatic carbocycles. The third-order valence-electron chi connectivity index (χ3n) is 5.59. The first-order valence-electron chi connectivity index (χ1n) is 8.81. The normalized spacial score (nSPS) is 21.9. The average molecular weight is 325 g/mol. The number of carbonyl (C=O) groups excluding carboxylic acids is 1. The molecule has 0 N–H and O–H groups in total. The van der Waals surface area contributed by atoms with Crippen molar-refractivity contribution in [2.45, 2.75) is 45.1 Å². The number of aromatic nitrogens is 4. The molecule has 1 aliphatic carbocycles. The molecule has 3 heterocycles. The van der Waals surface area contributed by atoms with Gasteiger partial charge in [0.25, 0.3) is 5.91 Å².